The molecule has 4 heterocycles. The quantitative estimate of drug-likeness (QED) is 0.0406. The van der Waals surface area contributed by atoms with Gasteiger partial charge in [0.1, 0.15) is 6.67 Å². The zero-order valence-corrected chi connectivity index (χ0v) is 46.4. The van der Waals surface area contributed by atoms with Gasteiger partial charge >= 0.3 is 11.9 Å². The van der Waals surface area contributed by atoms with E-state index >= 15 is 0 Å². The van der Waals surface area contributed by atoms with E-state index in [1.165, 1.54) is 20.7 Å². The first-order chi connectivity index (χ1) is 35.7. The Morgan fingerprint density at radius 3 is 1.80 bits per heavy atom. The van der Waals surface area contributed by atoms with Crippen LogP contribution in [0, 0.1) is 0 Å². The average Bonchev–Trinajstić information content (AvgIpc) is 3.43. The predicted octanol–water partition coefficient (Wildman–Crippen LogP) is 3.93. The van der Waals surface area contributed by atoms with Crippen LogP contribution in [-0.4, -0.2) is 148 Å². The van der Waals surface area contributed by atoms with Gasteiger partial charge in [0.05, 0.1) is 57.1 Å². The van der Waals surface area contributed by atoms with Crippen LogP contribution in [0.25, 0.3) is 0 Å². The highest BCUT2D eigenvalue weighted by Gasteiger charge is 2.52. The van der Waals surface area contributed by atoms with Crippen LogP contribution in [0.15, 0.2) is 145 Å². The summed E-state index contributed by atoms with van der Waals surface area (Å²) in [5.41, 5.74) is 1.31. The zero-order valence-electron chi connectivity index (χ0n) is 44.4. The molecule has 2 atom stereocenters. The zero-order chi connectivity index (χ0) is 51.9. The van der Waals surface area contributed by atoms with Crippen LogP contribution in [0.3, 0.4) is 0 Å². The van der Waals surface area contributed by atoms with E-state index in [2.05, 4.69) is 198 Å². The number of rotatable bonds is 17. The summed E-state index contributed by atoms with van der Waals surface area (Å²) in [5.74, 6) is 1.55. The molecule has 5 aromatic carbocycles. The highest BCUT2D eigenvalue weighted by molar-refractivity contribution is 7.00. The third-order valence-corrected chi connectivity index (χ3v) is 25.4. The van der Waals surface area contributed by atoms with E-state index < -0.39 is 16.6 Å². The fourth-order valence-corrected chi connectivity index (χ4v) is 20.9. The predicted molar refractivity (Wildman–Crippen MR) is 301 cm³/mol. The van der Waals surface area contributed by atoms with Crippen molar-refractivity contribution in [3.8, 4) is 0 Å². The van der Waals surface area contributed by atoms with E-state index in [4.69, 9.17) is 13.8 Å². The maximum Gasteiger partial charge on any atom is 0.367 e. The molecule has 0 saturated carbocycles. The first-order valence-corrected chi connectivity index (χ1v) is 30.6. The van der Waals surface area contributed by atoms with Crippen molar-refractivity contribution in [3.05, 3.63) is 156 Å². The molecule has 74 heavy (non-hydrogen) atoms. The molecule has 15 heteroatoms. The number of carbonyl (C=O) groups is 1. The second-order valence-electron chi connectivity index (χ2n) is 22.4. The standard InChI is InChI=1S/C59H76N8O5Si2/c1-58(2,3)73(50-21-11-7-12-22-50,51-23-13-8-14-24-51)71-41-48-29-35-64-31-19-33-66(56(64)62-48)43-60-54(69)46-37-45(40-68)38-47(39-46)55(70)61-44-67-34-20-32-65-36-30-49(63-57(65)67)42-72-74(59(4,5)6,52-25-15-9-16-26-52)53-27-17-10-18-28-53/h7-18,21-28,37-39,48-49,68H,19-20,29-36,40-44H2,1-6H3,(H2,60,61,69,70)/p+2/t48-,49-/m0/s1. The highest BCUT2D eigenvalue weighted by atomic mass is 28.4. The molecule has 4 aliphatic rings. The summed E-state index contributed by atoms with van der Waals surface area (Å²) in [4.78, 5) is 29.3. The third kappa shape index (κ3) is 11.1. The lowest BCUT2D eigenvalue weighted by Gasteiger charge is -2.45. The maximum absolute atomic E-state index is 14.0. The van der Waals surface area contributed by atoms with Gasteiger partial charge in [-0.15, -0.1) is 0 Å². The Kier molecular flexibility index (Phi) is 16.2. The van der Waals surface area contributed by atoms with Gasteiger partial charge in [0.25, 0.3) is 22.5 Å². The summed E-state index contributed by atoms with van der Waals surface area (Å²) in [6, 6.07) is 48.2. The fourth-order valence-electron chi connectivity index (χ4n) is 11.7. The van der Waals surface area contributed by atoms with E-state index in [0.29, 0.717) is 43.2 Å². The minimum absolute atomic E-state index is 0.0285. The first-order valence-electron chi connectivity index (χ1n) is 26.7. The molecule has 0 spiro atoms. The second-order valence-corrected chi connectivity index (χ2v) is 31.0. The molecule has 0 radical (unpaired) electrons. The normalized spacial score (nSPS) is 18.8. The number of guanidine groups is 2. The molecular formula is C59H78N8O5Si2+2. The van der Waals surface area contributed by atoms with Crippen LogP contribution in [0.5, 0.6) is 0 Å². The minimum atomic E-state index is -2.74. The van der Waals surface area contributed by atoms with Crippen molar-refractivity contribution >= 4 is 61.1 Å². The number of aliphatic hydroxyl groups excluding tert-OH is 2. The fraction of sp³-hybridized carbons (Fsp3) is 0.424. The number of aliphatic imine (C=N–C) groups is 1. The number of hydrogen-bond acceptors (Lipinski definition) is 9. The number of fused-ring (bicyclic) bond motifs is 1. The summed E-state index contributed by atoms with van der Waals surface area (Å²) in [7, 11) is -5.47. The Hall–Kier alpha value is -6.11. The molecule has 1 amide bonds. The van der Waals surface area contributed by atoms with Crippen molar-refractivity contribution in [2.45, 2.75) is 96.0 Å². The number of carbonyl (C=O) groups excluding carboxylic acids is 1. The Morgan fingerprint density at radius 2 is 1.24 bits per heavy atom. The van der Waals surface area contributed by atoms with Crippen LogP contribution in [-0.2, 0) is 15.5 Å². The molecule has 0 bridgehead atoms. The van der Waals surface area contributed by atoms with Crippen LogP contribution in [0.2, 0.25) is 10.1 Å². The molecule has 9 rings (SSSR count). The topological polar surface area (TPSA) is 139 Å². The van der Waals surface area contributed by atoms with Crippen LogP contribution < -0.4 is 36.4 Å². The number of amides is 1. The van der Waals surface area contributed by atoms with Gasteiger partial charge in [-0.2, -0.15) is 4.99 Å². The number of hydrogen-bond donors (Lipinski definition) is 5. The van der Waals surface area contributed by atoms with Crippen molar-refractivity contribution in [2.75, 3.05) is 65.8 Å². The second kappa shape index (κ2) is 22.8. The maximum atomic E-state index is 14.0. The third-order valence-electron chi connectivity index (χ3n) is 15.4. The lowest BCUT2D eigenvalue weighted by Crippen LogP contribution is -2.79. The molecule has 1 saturated heterocycles. The van der Waals surface area contributed by atoms with Crippen molar-refractivity contribution in [1.82, 2.24) is 25.3 Å². The summed E-state index contributed by atoms with van der Waals surface area (Å²) in [6.45, 7) is 20.4. The van der Waals surface area contributed by atoms with Gasteiger partial charge in [0.15, 0.2) is 0 Å². The van der Waals surface area contributed by atoms with Crippen LogP contribution in [0.4, 0.5) is 0 Å². The summed E-state index contributed by atoms with van der Waals surface area (Å²) < 4.78 is 17.1. The Labute approximate surface area is 440 Å². The number of nitrogens with zero attached hydrogens (tertiary/aromatic N) is 5. The monoisotopic (exact) mass is 1030 g/mol. The summed E-state index contributed by atoms with van der Waals surface area (Å²) in [6.07, 6.45) is 3.77. The van der Waals surface area contributed by atoms with E-state index in [9.17, 15) is 15.0 Å². The van der Waals surface area contributed by atoms with E-state index in [0.717, 1.165) is 76.9 Å². The van der Waals surface area contributed by atoms with Crippen molar-refractivity contribution < 1.29 is 33.4 Å². The summed E-state index contributed by atoms with van der Waals surface area (Å²) in [5, 5.41) is 33.7. The minimum Gasteiger partial charge on any atom is -0.460 e. The van der Waals surface area contributed by atoms with E-state index in [-0.39, 0.29) is 40.6 Å². The largest absolute Gasteiger partial charge is 0.460 e. The molecule has 1 fully saturated rings. The average molecular weight is 1040 g/mol. The number of aliphatic hydroxyl groups is 2. The van der Waals surface area contributed by atoms with Gasteiger partial charge in [0.2, 0.25) is 12.6 Å². The van der Waals surface area contributed by atoms with Gasteiger partial charge in [0, 0.05) is 38.0 Å². The molecular weight excluding hydrogens is 957 g/mol. The molecule has 0 aromatic heterocycles. The molecule has 4 aliphatic heterocycles. The molecule has 5 N–H and O–H groups in total. The lowest BCUT2D eigenvalue weighted by molar-refractivity contribution is -0.546. The van der Waals surface area contributed by atoms with Crippen LogP contribution >= 0.6 is 0 Å². The first kappa shape index (κ1) is 52.7. The van der Waals surface area contributed by atoms with Crippen LogP contribution in [0.1, 0.15) is 88.7 Å². The smallest absolute Gasteiger partial charge is 0.367 e. The molecule has 0 unspecified atom stereocenters. The van der Waals surface area contributed by atoms with Crippen molar-refractivity contribution in [3.63, 3.8) is 0 Å². The Bertz CT molecular complexity index is 2710. The lowest BCUT2D eigenvalue weighted by atomic mass is 10.1. The van der Waals surface area contributed by atoms with Gasteiger partial charge in [-0.05, 0) is 67.4 Å². The van der Waals surface area contributed by atoms with E-state index in [1.807, 2.05) is 0 Å². The van der Waals surface area contributed by atoms with Gasteiger partial charge < -0.3 is 29.3 Å². The molecule has 0 aliphatic carbocycles. The van der Waals surface area contributed by atoms with Gasteiger partial charge in [-0.1, -0.05) is 163 Å². The molecule has 13 nitrogen and oxygen atoms in total. The van der Waals surface area contributed by atoms with E-state index in [1.54, 1.807) is 18.2 Å². The van der Waals surface area contributed by atoms with Gasteiger partial charge in [-0.3, -0.25) is 19.6 Å². The Morgan fingerprint density at radius 1 is 0.703 bits per heavy atom. The number of benzene rings is 5. The molecule has 5 aromatic rings. The number of nitrogens with one attached hydrogen (secondary N) is 3. The van der Waals surface area contributed by atoms with Crippen molar-refractivity contribution in [1.29, 1.82) is 0 Å². The SMILES string of the molecule is CC(C)(C)[Si](OC[C@@H]1CCN2CCCN(C[NH+]=C(O)c3cc(CO)cc(C(=O)NCN4CCC[N+]5=C4N[C@H](CO[Si](c4ccccc4)(c4ccccc4)C(C)(C)C)CC5)c3)C2=N1)(c1ccccc1)c1ccccc1. The highest BCUT2D eigenvalue weighted by Crippen LogP contribution is 2.38. The van der Waals surface area contributed by atoms with Gasteiger partial charge in [-0.25, -0.2) is 9.89 Å². The summed E-state index contributed by atoms with van der Waals surface area (Å²) >= 11 is 0. The Balaban J connectivity index is 0.861. The van der Waals surface area contributed by atoms with Crippen molar-refractivity contribution in [2.24, 2.45) is 4.99 Å². The molecule has 390 valence electrons.